The van der Waals surface area contributed by atoms with E-state index in [2.05, 4.69) is 13.0 Å². The Kier molecular flexibility index (Phi) is 5.87. The number of benzene rings is 1. The standard InChI is InChI=1S/C17H21F2.Li/c1-2-3-4-6-13-9-11-14(12-10-13)15-7-5-8-16(18)17(15)19;/h5,7,11,13H,2-4,6,9-10,12H2,1H3;. The first kappa shape index (κ1) is 15.8. The third-order valence-electron chi connectivity index (χ3n) is 4.36. The van der Waals surface area contributed by atoms with E-state index in [0.29, 0.717) is 9.80 Å². The Hall–Kier alpha value is -0.583. The Morgan fingerprint density at radius 1 is 1.20 bits per heavy atom. The summed E-state index contributed by atoms with van der Waals surface area (Å²) in [5.74, 6) is -0.655. The second kappa shape index (κ2) is 7.43. The third-order valence-corrected chi connectivity index (χ3v) is 4.36. The first-order valence-corrected chi connectivity index (χ1v) is 7.77. The minimum atomic E-state index is -0.700. The summed E-state index contributed by atoms with van der Waals surface area (Å²) >= 11 is 1.60. The molecule has 0 N–H and O–H groups in total. The van der Waals surface area contributed by atoms with Gasteiger partial charge in [-0.3, -0.25) is 0 Å². The van der Waals surface area contributed by atoms with Crippen LogP contribution in [0.25, 0.3) is 5.57 Å². The molecule has 0 bridgehead atoms. The van der Waals surface area contributed by atoms with Gasteiger partial charge in [0.1, 0.15) is 0 Å². The summed E-state index contributed by atoms with van der Waals surface area (Å²) in [6.07, 6.45) is 10.2. The fraction of sp³-hybridized carbons (Fsp3) is 0.529. The molecule has 0 fully saturated rings. The van der Waals surface area contributed by atoms with E-state index >= 15 is 0 Å². The summed E-state index contributed by atoms with van der Waals surface area (Å²) in [6, 6.07) is 3.39. The van der Waals surface area contributed by atoms with Crippen molar-refractivity contribution in [2.24, 2.45) is 5.92 Å². The van der Waals surface area contributed by atoms with E-state index in [-0.39, 0.29) is 0 Å². The molecule has 0 amide bonds. The molecule has 1 aliphatic rings. The van der Waals surface area contributed by atoms with Crippen molar-refractivity contribution >= 4 is 27.5 Å². The van der Waals surface area contributed by atoms with Crippen molar-refractivity contribution in [1.82, 2.24) is 0 Å². The van der Waals surface area contributed by atoms with Crippen molar-refractivity contribution in [3.63, 3.8) is 0 Å². The molecule has 0 spiro atoms. The zero-order valence-corrected chi connectivity index (χ0v) is 12.5. The van der Waals surface area contributed by atoms with Gasteiger partial charge in [-0.05, 0) is 0 Å². The molecule has 1 aromatic carbocycles. The van der Waals surface area contributed by atoms with Crippen molar-refractivity contribution in [2.45, 2.75) is 51.9 Å². The number of hydrogen-bond donors (Lipinski definition) is 0. The Morgan fingerprint density at radius 2 is 2.00 bits per heavy atom. The van der Waals surface area contributed by atoms with Gasteiger partial charge in [0.2, 0.25) is 0 Å². The Morgan fingerprint density at radius 3 is 2.65 bits per heavy atom. The van der Waals surface area contributed by atoms with E-state index in [9.17, 15) is 8.78 Å². The van der Waals surface area contributed by atoms with Crippen molar-refractivity contribution in [3.8, 4) is 0 Å². The summed E-state index contributed by atoms with van der Waals surface area (Å²) in [5, 5.41) is 0. The van der Waals surface area contributed by atoms with Crippen LogP contribution >= 0.6 is 0 Å². The predicted molar refractivity (Wildman–Crippen MR) is 81.2 cm³/mol. The molecule has 0 nitrogen and oxygen atoms in total. The van der Waals surface area contributed by atoms with Crippen LogP contribution in [0.5, 0.6) is 0 Å². The average Bonchev–Trinajstić information content (AvgIpc) is 2.46. The molecule has 1 atom stereocenters. The van der Waals surface area contributed by atoms with Crippen LogP contribution in [-0.4, -0.2) is 17.7 Å². The molecule has 0 radical (unpaired) electrons. The second-order valence-electron chi connectivity index (χ2n) is 5.92. The zero-order valence-electron chi connectivity index (χ0n) is 12.5. The molecule has 1 unspecified atom stereocenters. The molecule has 0 heterocycles. The number of halogens is 2. The summed E-state index contributed by atoms with van der Waals surface area (Å²) in [7, 11) is 0. The Bertz CT molecular complexity index is 494. The van der Waals surface area contributed by atoms with Gasteiger partial charge in [0.05, 0.1) is 0 Å². The molecule has 3 heteroatoms. The molecule has 0 aliphatic heterocycles. The molecular weight excluding hydrogens is 249 g/mol. The van der Waals surface area contributed by atoms with Crippen molar-refractivity contribution in [2.75, 3.05) is 0 Å². The van der Waals surface area contributed by atoms with Crippen LogP contribution in [0.15, 0.2) is 18.2 Å². The van der Waals surface area contributed by atoms with Crippen molar-refractivity contribution in [1.29, 1.82) is 0 Å². The fourth-order valence-corrected chi connectivity index (χ4v) is 2.97. The normalized spacial score (nSPS) is 19.1. The maximum atomic E-state index is 14.0. The molecule has 0 saturated carbocycles. The minimum absolute atomic E-state index is 0.375. The number of rotatable bonds is 5. The van der Waals surface area contributed by atoms with E-state index in [1.807, 2.05) is 0 Å². The van der Waals surface area contributed by atoms with Crippen LogP contribution < -0.4 is 4.24 Å². The van der Waals surface area contributed by atoms with Gasteiger partial charge >= 0.3 is 123 Å². The van der Waals surface area contributed by atoms with Crippen LogP contribution in [-0.2, 0) is 0 Å². The molecule has 104 valence electrons. The molecule has 2 rings (SSSR count). The van der Waals surface area contributed by atoms with E-state index in [0.717, 1.165) is 30.8 Å². The zero-order chi connectivity index (χ0) is 14.5. The molecule has 1 aliphatic carbocycles. The first-order chi connectivity index (χ1) is 9.63. The molecular formula is C17H21F2Li. The summed E-state index contributed by atoms with van der Waals surface area (Å²) in [6.45, 7) is 2.22. The molecule has 0 aromatic heterocycles. The van der Waals surface area contributed by atoms with Gasteiger partial charge in [-0.2, -0.15) is 0 Å². The van der Waals surface area contributed by atoms with E-state index in [1.54, 1.807) is 29.8 Å². The van der Waals surface area contributed by atoms with Gasteiger partial charge in [0.25, 0.3) is 0 Å². The van der Waals surface area contributed by atoms with Gasteiger partial charge in [-0.15, -0.1) is 0 Å². The second-order valence-corrected chi connectivity index (χ2v) is 5.92. The molecule has 1 aromatic rings. The van der Waals surface area contributed by atoms with Gasteiger partial charge < -0.3 is 0 Å². The molecule has 20 heavy (non-hydrogen) atoms. The van der Waals surface area contributed by atoms with Crippen molar-refractivity contribution < 1.29 is 8.78 Å². The number of allylic oxidation sites excluding steroid dienone is 2. The van der Waals surface area contributed by atoms with Crippen LogP contribution in [0.4, 0.5) is 8.78 Å². The SMILES string of the molecule is [Li][c]1ccc(C2=CCC(CCCCC)CC2)c(F)c1F. The van der Waals surface area contributed by atoms with E-state index < -0.39 is 11.6 Å². The van der Waals surface area contributed by atoms with Gasteiger partial charge in [-0.1, -0.05) is 6.92 Å². The van der Waals surface area contributed by atoms with Crippen LogP contribution in [0, 0.1) is 17.6 Å². The topological polar surface area (TPSA) is 0 Å². The molecule has 0 saturated heterocycles. The number of unbranched alkanes of at least 4 members (excludes halogenated alkanes) is 2. The summed E-state index contributed by atoms with van der Waals surface area (Å²) in [4.78, 5) is 0. The van der Waals surface area contributed by atoms with E-state index in [1.165, 1.54) is 25.7 Å². The third kappa shape index (κ3) is 3.74. The summed E-state index contributed by atoms with van der Waals surface area (Å²) in [5.41, 5.74) is 1.44. The number of hydrogen-bond acceptors (Lipinski definition) is 0. The van der Waals surface area contributed by atoms with Crippen LogP contribution in [0.3, 0.4) is 0 Å². The van der Waals surface area contributed by atoms with Crippen LogP contribution in [0.2, 0.25) is 0 Å². The summed E-state index contributed by atoms with van der Waals surface area (Å²) < 4.78 is 28.0. The van der Waals surface area contributed by atoms with Crippen molar-refractivity contribution in [3.05, 3.63) is 35.4 Å². The Labute approximate surface area is 129 Å². The predicted octanol–water partition coefficient (Wildman–Crippen LogP) is 4.52. The maximum absolute atomic E-state index is 14.0. The van der Waals surface area contributed by atoms with Crippen LogP contribution in [0.1, 0.15) is 57.4 Å². The van der Waals surface area contributed by atoms with Gasteiger partial charge in [0.15, 0.2) is 0 Å². The first-order valence-electron chi connectivity index (χ1n) is 7.77. The van der Waals surface area contributed by atoms with Gasteiger partial charge in [-0.25, -0.2) is 0 Å². The van der Waals surface area contributed by atoms with E-state index in [4.69, 9.17) is 0 Å². The average molecular weight is 270 g/mol. The quantitative estimate of drug-likeness (QED) is 0.545. The van der Waals surface area contributed by atoms with Gasteiger partial charge in [0, 0.05) is 0 Å². The monoisotopic (exact) mass is 270 g/mol. The fourth-order valence-electron chi connectivity index (χ4n) is 2.97. The Balaban J connectivity index is 2.03.